The van der Waals surface area contributed by atoms with Crippen LogP contribution in [0.25, 0.3) is 0 Å². The minimum atomic E-state index is -0.501. The smallest absolute Gasteiger partial charge is 0.321 e. The van der Waals surface area contributed by atoms with Crippen molar-refractivity contribution < 1.29 is 14.3 Å². The molecule has 3 nitrogen and oxygen atoms in total. The van der Waals surface area contributed by atoms with E-state index in [0.717, 1.165) is 37.0 Å². The van der Waals surface area contributed by atoms with Crippen molar-refractivity contribution in [1.29, 1.82) is 0 Å². The third-order valence-electron chi connectivity index (χ3n) is 5.27. The highest BCUT2D eigenvalue weighted by Crippen LogP contribution is 2.54. The van der Waals surface area contributed by atoms with Gasteiger partial charge in [-0.05, 0) is 67.0 Å². The Bertz CT molecular complexity index is 644. The monoisotopic (exact) mass is 270 g/mol. The lowest BCUT2D eigenvalue weighted by atomic mass is 9.58. The third kappa shape index (κ3) is 1.28. The van der Waals surface area contributed by atoms with Crippen LogP contribution in [0.5, 0.6) is 5.75 Å². The first kappa shape index (κ1) is 12.0. The van der Waals surface area contributed by atoms with Crippen LogP contribution in [0.2, 0.25) is 0 Å². The van der Waals surface area contributed by atoms with Crippen molar-refractivity contribution >= 4 is 5.97 Å². The number of hydrogen-bond donors (Lipinski definition) is 0. The second kappa shape index (κ2) is 3.87. The Hall–Kier alpha value is -1.77. The molecule has 3 heteroatoms. The van der Waals surface area contributed by atoms with E-state index < -0.39 is 5.41 Å². The fraction of sp³-hybridized carbons (Fsp3) is 0.471. The Labute approximate surface area is 118 Å². The summed E-state index contributed by atoms with van der Waals surface area (Å²) in [5.74, 6) is 0.822. The molecule has 0 N–H and O–H groups in total. The van der Waals surface area contributed by atoms with E-state index in [4.69, 9.17) is 9.47 Å². The van der Waals surface area contributed by atoms with E-state index in [-0.39, 0.29) is 12.1 Å². The van der Waals surface area contributed by atoms with Crippen LogP contribution in [0.3, 0.4) is 0 Å². The molecular weight excluding hydrogens is 252 g/mol. The lowest BCUT2D eigenvalue weighted by Crippen LogP contribution is -2.53. The Morgan fingerprint density at radius 2 is 2.20 bits per heavy atom. The Morgan fingerprint density at radius 1 is 1.35 bits per heavy atom. The van der Waals surface area contributed by atoms with Crippen molar-refractivity contribution in [3.63, 3.8) is 0 Å². The normalized spacial score (nSPS) is 30.7. The summed E-state index contributed by atoms with van der Waals surface area (Å²) in [6.45, 7) is 2.13. The summed E-state index contributed by atoms with van der Waals surface area (Å²) < 4.78 is 11.0. The number of carbonyl (C=O) groups excluding carboxylic acids is 1. The highest BCUT2D eigenvalue weighted by molar-refractivity contribution is 5.91. The van der Waals surface area contributed by atoms with Crippen LogP contribution in [0.4, 0.5) is 0 Å². The van der Waals surface area contributed by atoms with Gasteiger partial charge in [0.1, 0.15) is 17.3 Å². The Kier molecular flexibility index (Phi) is 2.33. The zero-order chi connectivity index (χ0) is 13.9. The van der Waals surface area contributed by atoms with Crippen molar-refractivity contribution in [2.75, 3.05) is 7.11 Å². The predicted molar refractivity (Wildman–Crippen MR) is 74.8 cm³/mol. The van der Waals surface area contributed by atoms with Gasteiger partial charge in [-0.1, -0.05) is 6.07 Å². The molecule has 1 aromatic rings. The van der Waals surface area contributed by atoms with Crippen LogP contribution in [-0.4, -0.2) is 19.2 Å². The number of ether oxygens (including phenoxy) is 2. The number of benzene rings is 1. The summed E-state index contributed by atoms with van der Waals surface area (Å²) in [5.41, 5.74) is 4.49. The van der Waals surface area contributed by atoms with Gasteiger partial charge in [0.05, 0.1) is 7.11 Å². The molecule has 0 saturated carbocycles. The van der Waals surface area contributed by atoms with Crippen LogP contribution in [-0.2, 0) is 21.4 Å². The first-order chi connectivity index (χ1) is 9.66. The molecule has 0 amide bonds. The van der Waals surface area contributed by atoms with Gasteiger partial charge >= 0.3 is 5.97 Å². The molecular formula is C17H18O3. The largest absolute Gasteiger partial charge is 0.497 e. The summed E-state index contributed by atoms with van der Waals surface area (Å²) in [4.78, 5) is 12.6. The van der Waals surface area contributed by atoms with E-state index in [0.29, 0.717) is 0 Å². The number of rotatable bonds is 1. The fourth-order valence-electron chi connectivity index (χ4n) is 4.25. The molecule has 0 radical (unpaired) electrons. The van der Waals surface area contributed by atoms with Gasteiger partial charge in [0, 0.05) is 0 Å². The maximum atomic E-state index is 12.6. The van der Waals surface area contributed by atoms with Gasteiger partial charge in [0.25, 0.3) is 0 Å². The molecule has 1 saturated heterocycles. The van der Waals surface area contributed by atoms with Crippen LogP contribution < -0.4 is 4.74 Å². The van der Waals surface area contributed by atoms with Crippen molar-refractivity contribution in [2.24, 2.45) is 0 Å². The van der Waals surface area contributed by atoms with E-state index in [1.165, 1.54) is 16.7 Å². The lowest BCUT2D eigenvalue weighted by Gasteiger charge is -2.50. The summed E-state index contributed by atoms with van der Waals surface area (Å²) >= 11 is 0. The topological polar surface area (TPSA) is 35.5 Å². The first-order valence-electron chi connectivity index (χ1n) is 7.25. The van der Waals surface area contributed by atoms with Crippen molar-refractivity contribution in [1.82, 2.24) is 0 Å². The minimum absolute atomic E-state index is 0.0270. The molecule has 4 aliphatic rings. The van der Waals surface area contributed by atoms with Gasteiger partial charge in [-0.15, -0.1) is 0 Å². The number of methoxy groups -OCH3 is 1. The van der Waals surface area contributed by atoms with E-state index >= 15 is 0 Å². The molecule has 2 heterocycles. The third-order valence-corrected chi connectivity index (χ3v) is 5.27. The quantitative estimate of drug-likeness (QED) is 0.581. The number of carbonyl (C=O) groups is 1. The average molecular weight is 270 g/mol. The van der Waals surface area contributed by atoms with Gasteiger partial charge in [0.15, 0.2) is 0 Å². The summed E-state index contributed by atoms with van der Waals surface area (Å²) in [5, 5.41) is 0. The second-order valence-corrected chi connectivity index (χ2v) is 6.02. The van der Waals surface area contributed by atoms with Crippen molar-refractivity contribution in [3.05, 3.63) is 40.5 Å². The molecule has 1 aromatic carbocycles. The average Bonchev–Trinajstić information content (AvgIpc) is 2.48. The molecule has 1 spiro atoms. The lowest BCUT2D eigenvalue weighted by molar-refractivity contribution is -0.162. The van der Waals surface area contributed by atoms with Crippen LogP contribution in [0.1, 0.15) is 37.3 Å². The predicted octanol–water partition coefficient (Wildman–Crippen LogP) is 2.91. The van der Waals surface area contributed by atoms with Crippen LogP contribution >= 0.6 is 0 Å². The summed E-state index contributed by atoms with van der Waals surface area (Å²) in [6.07, 6.45) is 3.83. The zero-order valence-electron chi connectivity index (χ0n) is 11.9. The summed E-state index contributed by atoms with van der Waals surface area (Å²) in [7, 11) is 1.68. The molecule has 2 aliphatic carbocycles. The maximum absolute atomic E-state index is 12.6. The second-order valence-electron chi connectivity index (χ2n) is 6.02. The molecule has 20 heavy (non-hydrogen) atoms. The molecule has 1 fully saturated rings. The van der Waals surface area contributed by atoms with E-state index in [1.54, 1.807) is 7.11 Å². The van der Waals surface area contributed by atoms with E-state index in [9.17, 15) is 4.79 Å². The zero-order valence-corrected chi connectivity index (χ0v) is 11.9. The fourth-order valence-corrected chi connectivity index (χ4v) is 4.25. The molecule has 104 valence electrons. The van der Waals surface area contributed by atoms with Crippen molar-refractivity contribution in [3.8, 4) is 5.75 Å². The van der Waals surface area contributed by atoms with Gasteiger partial charge < -0.3 is 9.47 Å². The minimum Gasteiger partial charge on any atom is -0.497 e. The molecule has 2 bridgehead atoms. The Morgan fingerprint density at radius 3 is 2.95 bits per heavy atom. The maximum Gasteiger partial charge on any atom is 0.321 e. The first-order valence-corrected chi connectivity index (χ1v) is 7.25. The highest BCUT2D eigenvalue weighted by Gasteiger charge is 2.56. The Balaban J connectivity index is 1.97. The number of hydrogen-bond acceptors (Lipinski definition) is 3. The van der Waals surface area contributed by atoms with Crippen LogP contribution in [0, 0.1) is 0 Å². The SMILES string of the molecule is COc1ccc2c(c1)CCC1=C(C)C3CC[C@]12C(=O)O3. The van der Waals surface area contributed by atoms with Gasteiger partial charge in [0.2, 0.25) is 0 Å². The number of esters is 1. The summed E-state index contributed by atoms with van der Waals surface area (Å²) in [6, 6.07) is 6.09. The highest BCUT2D eigenvalue weighted by atomic mass is 16.5. The molecule has 5 rings (SSSR count). The number of aryl methyl sites for hydroxylation is 1. The molecule has 1 unspecified atom stereocenters. The van der Waals surface area contributed by atoms with Crippen molar-refractivity contribution in [2.45, 2.75) is 44.1 Å². The standard InChI is InChI=1S/C17H18O3/c1-10-13-5-3-11-9-12(19-2)4-6-14(11)17(13)8-7-15(10)20-16(17)18/h4,6,9,15H,3,5,7-8H2,1-2H3/t15?,17-/m0/s1. The molecule has 0 aromatic heterocycles. The number of fused-ring (bicyclic) bond motifs is 3. The van der Waals surface area contributed by atoms with Gasteiger partial charge in [-0.2, -0.15) is 0 Å². The van der Waals surface area contributed by atoms with E-state index in [2.05, 4.69) is 19.1 Å². The van der Waals surface area contributed by atoms with Gasteiger partial charge in [-0.3, -0.25) is 4.79 Å². The van der Waals surface area contributed by atoms with Gasteiger partial charge in [-0.25, -0.2) is 0 Å². The van der Waals surface area contributed by atoms with Crippen LogP contribution in [0.15, 0.2) is 29.3 Å². The molecule has 2 atom stereocenters. The van der Waals surface area contributed by atoms with E-state index in [1.807, 2.05) is 6.07 Å². The molecule has 2 aliphatic heterocycles.